The van der Waals surface area contributed by atoms with Crippen LogP contribution in [0.1, 0.15) is 45.9 Å². The summed E-state index contributed by atoms with van der Waals surface area (Å²) >= 11 is 6.74. The molecule has 1 fully saturated rings. The van der Waals surface area contributed by atoms with Gasteiger partial charge >= 0.3 is 0 Å². The minimum atomic E-state index is -0.225. The topological polar surface area (TPSA) is 121 Å². The van der Waals surface area contributed by atoms with Crippen LogP contribution in [0.4, 0.5) is 17.6 Å². The van der Waals surface area contributed by atoms with E-state index in [-0.39, 0.29) is 17.4 Å². The number of nitrogens with one attached hydrogen (secondary N) is 2. The molecule has 12 heteroatoms. The van der Waals surface area contributed by atoms with E-state index >= 15 is 0 Å². The minimum Gasteiger partial charge on any atom is -0.454 e. The number of carbonyl (C=O) groups is 1. The lowest BCUT2D eigenvalue weighted by Crippen LogP contribution is -2.22. The van der Waals surface area contributed by atoms with Gasteiger partial charge in [0.25, 0.3) is 0 Å². The van der Waals surface area contributed by atoms with Gasteiger partial charge in [-0.1, -0.05) is 32.4 Å². The summed E-state index contributed by atoms with van der Waals surface area (Å²) in [4.78, 5) is 24.5. The molecule has 5 heterocycles. The van der Waals surface area contributed by atoms with E-state index in [2.05, 4.69) is 57.1 Å². The standard InChI is InChI=1S/C25H29ClN8O3/c1-14(35)29-19-10-16(6-8-27-19)37-17-12-28-23-22(21(17)26)33(5)24(31-23)30-20-11-18(25(2,3)4)34(32-20)15-7-9-36-13-15/h6,8,10-12,15H,7,9,13H2,1-5H3,(H,27,29,35)(H,28,30,31,32). The number of anilines is 3. The number of carbonyl (C=O) groups excluding carboxylic acids is 1. The largest absolute Gasteiger partial charge is 0.454 e. The second-order valence-corrected chi connectivity index (χ2v) is 10.4. The number of aryl methyl sites for hydroxylation is 1. The van der Waals surface area contributed by atoms with E-state index < -0.39 is 0 Å². The molecule has 1 aliphatic rings. The van der Waals surface area contributed by atoms with Crippen molar-refractivity contribution in [1.82, 2.24) is 29.3 Å². The van der Waals surface area contributed by atoms with Crippen molar-refractivity contribution in [2.24, 2.45) is 7.05 Å². The molecule has 0 bridgehead atoms. The van der Waals surface area contributed by atoms with Gasteiger partial charge < -0.3 is 24.7 Å². The number of aromatic nitrogens is 6. The summed E-state index contributed by atoms with van der Waals surface area (Å²) < 4.78 is 15.5. The first-order chi connectivity index (χ1) is 17.6. The van der Waals surface area contributed by atoms with E-state index in [1.165, 1.54) is 19.3 Å². The molecular weight excluding hydrogens is 496 g/mol. The molecular formula is C25H29ClN8O3. The van der Waals surface area contributed by atoms with Gasteiger partial charge in [-0.25, -0.2) is 9.97 Å². The normalized spacial score (nSPS) is 15.8. The molecule has 4 aromatic rings. The molecule has 1 amide bonds. The Morgan fingerprint density at radius 2 is 2.05 bits per heavy atom. The zero-order valence-corrected chi connectivity index (χ0v) is 22.1. The first-order valence-electron chi connectivity index (χ1n) is 12.0. The van der Waals surface area contributed by atoms with Crippen LogP contribution in [0.25, 0.3) is 11.2 Å². The lowest BCUT2D eigenvalue weighted by molar-refractivity contribution is -0.114. The van der Waals surface area contributed by atoms with Crippen LogP contribution in [0.15, 0.2) is 30.6 Å². The van der Waals surface area contributed by atoms with Crippen LogP contribution in [0.3, 0.4) is 0 Å². The first kappa shape index (κ1) is 25.0. The Morgan fingerprint density at radius 1 is 1.24 bits per heavy atom. The predicted molar refractivity (Wildman–Crippen MR) is 141 cm³/mol. The highest BCUT2D eigenvalue weighted by atomic mass is 35.5. The molecule has 2 N–H and O–H groups in total. The third kappa shape index (κ3) is 5.09. The molecule has 1 unspecified atom stereocenters. The summed E-state index contributed by atoms with van der Waals surface area (Å²) in [6.45, 7) is 9.31. The number of hydrogen-bond acceptors (Lipinski definition) is 8. The van der Waals surface area contributed by atoms with Crippen LogP contribution in [0.2, 0.25) is 5.02 Å². The summed E-state index contributed by atoms with van der Waals surface area (Å²) in [5.74, 6) is 2.19. The van der Waals surface area contributed by atoms with Gasteiger partial charge in [0.05, 0.1) is 18.8 Å². The number of ether oxygens (including phenoxy) is 2. The third-order valence-electron chi connectivity index (χ3n) is 6.06. The van der Waals surface area contributed by atoms with Crippen molar-refractivity contribution in [3.63, 3.8) is 0 Å². The number of pyridine rings is 2. The van der Waals surface area contributed by atoms with E-state index in [1.807, 2.05) is 11.6 Å². The van der Waals surface area contributed by atoms with E-state index in [1.54, 1.807) is 12.1 Å². The van der Waals surface area contributed by atoms with Gasteiger partial charge in [-0.3, -0.25) is 9.48 Å². The highest BCUT2D eigenvalue weighted by molar-refractivity contribution is 6.36. The summed E-state index contributed by atoms with van der Waals surface area (Å²) in [5.41, 5.74) is 2.10. The predicted octanol–water partition coefficient (Wildman–Crippen LogP) is 4.97. The molecule has 0 aromatic carbocycles. The number of nitrogens with zero attached hydrogens (tertiary/aromatic N) is 6. The fourth-order valence-electron chi connectivity index (χ4n) is 4.27. The van der Waals surface area contributed by atoms with Crippen LogP contribution in [0, 0.1) is 0 Å². The molecule has 1 aliphatic heterocycles. The van der Waals surface area contributed by atoms with Crippen LogP contribution in [-0.2, 0) is 22.0 Å². The maximum absolute atomic E-state index is 11.3. The van der Waals surface area contributed by atoms with Crippen molar-refractivity contribution in [2.45, 2.75) is 45.6 Å². The van der Waals surface area contributed by atoms with E-state index in [9.17, 15) is 4.79 Å². The Labute approximate surface area is 219 Å². The molecule has 194 valence electrons. The van der Waals surface area contributed by atoms with Crippen molar-refractivity contribution < 1.29 is 14.3 Å². The highest BCUT2D eigenvalue weighted by Gasteiger charge is 2.28. The maximum atomic E-state index is 11.3. The Balaban J connectivity index is 1.44. The molecule has 0 spiro atoms. The Kier molecular flexibility index (Phi) is 6.50. The van der Waals surface area contributed by atoms with Crippen LogP contribution in [-0.4, -0.2) is 48.4 Å². The van der Waals surface area contributed by atoms with Gasteiger partial charge in [0.15, 0.2) is 17.2 Å². The van der Waals surface area contributed by atoms with Gasteiger partial charge in [0.2, 0.25) is 11.9 Å². The number of imidazole rings is 1. The second kappa shape index (κ2) is 9.64. The molecule has 4 aromatic heterocycles. The van der Waals surface area contributed by atoms with Crippen molar-refractivity contribution in [3.8, 4) is 11.5 Å². The Bertz CT molecular complexity index is 1470. The fourth-order valence-corrected chi connectivity index (χ4v) is 4.57. The van der Waals surface area contributed by atoms with Crippen LogP contribution < -0.4 is 15.4 Å². The van der Waals surface area contributed by atoms with Gasteiger partial charge in [-0.05, 0) is 12.5 Å². The summed E-state index contributed by atoms with van der Waals surface area (Å²) in [5, 5.41) is 11.2. The third-order valence-corrected chi connectivity index (χ3v) is 6.43. The average Bonchev–Trinajstić information content (AvgIpc) is 3.55. The van der Waals surface area contributed by atoms with Gasteiger partial charge in [0.1, 0.15) is 22.1 Å². The average molecular weight is 525 g/mol. The highest BCUT2D eigenvalue weighted by Crippen LogP contribution is 2.36. The van der Waals surface area contributed by atoms with Crippen molar-refractivity contribution in [1.29, 1.82) is 0 Å². The number of fused-ring (bicyclic) bond motifs is 1. The number of rotatable bonds is 6. The smallest absolute Gasteiger partial charge is 0.222 e. The Morgan fingerprint density at radius 3 is 2.76 bits per heavy atom. The van der Waals surface area contributed by atoms with E-state index in [4.69, 9.17) is 26.2 Å². The fraction of sp³-hybridized carbons (Fsp3) is 0.400. The molecule has 0 radical (unpaired) electrons. The van der Waals surface area contributed by atoms with Crippen LogP contribution >= 0.6 is 11.6 Å². The quantitative estimate of drug-likeness (QED) is 0.363. The second-order valence-electron chi connectivity index (χ2n) is 10.0. The van der Waals surface area contributed by atoms with Gasteiger partial charge in [-0.15, -0.1) is 0 Å². The first-order valence-corrected chi connectivity index (χ1v) is 12.3. The lowest BCUT2D eigenvalue weighted by Gasteiger charge is -2.22. The molecule has 1 atom stereocenters. The van der Waals surface area contributed by atoms with E-state index in [0.29, 0.717) is 51.9 Å². The molecule has 0 aliphatic carbocycles. The maximum Gasteiger partial charge on any atom is 0.222 e. The van der Waals surface area contributed by atoms with Crippen molar-refractivity contribution >= 4 is 46.3 Å². The van der Waals surface area contributed by atoms with E-state index in [0.717, 1.165) is 18.7 Å². The van der Waals surface area contributed by atoms with Gasteiger partial charge in [-0.2, -0.15) is 10.1 Å². The molecule has 5 rings (SSSR count). The number of halogens is 1. The van der Waals surface area contributed by atoms with Crippen LogP contribution in [0.5, 0.6) is 11.5 Å². The number of amides is 1. The van der Waals surface area contributed by atoms with Gasteiger partial charge in [0, 0.05) is 50.0 Å². The summed E-state index contributed by atoms with van der Waals surface area (Å²) in [6, 6.07) is 5.54. The molecule has 37 heavy (non-hydrogen) atoms. The minimum absolute atomic E-state index is 0.0915. The molecule has 1 saturated heterocycles. The monoisotopic (exact) mass is 524 g/mol. The number of hydrogen-bond donors (Lipinski definition) is 2. The summed E-state index contributed by atoms with van der Waals surface area (Å²) in [6.07, 6.45) is 3.99. The summed E-state index contributed by atoms with van der Waals surface area (Å²) in [7, 11) is 1.85. The molecule has 0 saturated carbocycles. The lowest BCUT2D eigenvalue weighted by atomic mass is 9.91. The SMILES string of the molecule is CC(=O)Nc1cc(Oc2cnc3nc(Nc4cc(C(C)(C)C)n(C5CCOC5)n4)n(C)c3c2Cl)ccn1. The van der Waals surface area contributed by atoms with Crippen molar-refractivity contribution in [2.75, 3.05) is 23.8 Å². The Hall–Kier alpha value is -3.70. The zero-order chi connectivity index (χ0) is 26.3. The molecule has 11 nitrogen and oxygen atoms in total. The van der Waals surface area contributed by atoms with Crippen molar-refractivity contribution in [3.05, 3.63) is 41.3 Å². The zero-order valence-electron chi connectivity index (χ0n) is 21.4.